The van der Waals surface area contributed by atoms with Crippen LogP contribution in [0.1, 0.15) is 33.2 Å². The van der Waals surface area contributed by atoms with Gasteiger partial charge in [0.2, 0.25) is 0 Å². The van der Waals surface area contributed by atoms with E-state index in [1.54, 1.807) is 72.5 Å². The Morgan fingerprint density at radius 2 is 1.64 bits per heavy atom. The summed E-state index contributed by atoms with van der Waals surface area (Å²) in [5.74, 6) is -0.753. The molecule has 0 aliphatic rings. The van der Waals surface area contributed by atoms with E-state index in [0.717, 1.165) is 3.57 Å². The standard InChI is InChI=1S/C24H19Cl2IN2O3S/c1-2-32-23(31)15-9-11-18(12-10-15)29(14-19-20(25)7-4-8-21(19)26)24(33)28-22(30)16-5-3-6-17(27)13-16/h3-13H,2,14H2,1H3,(H,28,30,33). The number of nitrogens with one attached hydrogen (secondary N) is 1. The maximum Gasteiger partial charge on any atom is 0.338 e. The van der Waals surface area contributed by atoms with Crippen molar-refractivity contribution in [1.82, 2.24) is 5.32 Å². The van der Waals surface area contributed by atoms with E-state index >= 15 is 0 Å². The van der Waals surface area contributed by atoms with Gasteiger partial charge >= 0.3 is 5.97 Å². The lowest BCUT2D eigenvalue weighted by molar-refractivity contribution is 0.0526. The summed E-state index contributed by atoms with van der Waals surface area (Å²) in [4.78, 5) is 26.5. The number of carbonyl (C=O) groups is 2. The molecule has 1 amide bonds. The molecule has 0 aromatic heterocycles. The molecule has 33 heavy (non-hydrogen) atoms. The van der Waals surface area contributed by atoms with E-state index in [1.165, 1.54) is 0 Å². The van der Waals surface area contributed by atoms with Crippen molar-refractivity contribution < 1.29 is 14.3 Å². The molecule has 0 radical (unpaired) electrons. The third-order valence-electron chi connectivity index (χ3n) is 4.62. The molecule has 3 aromatic rings. The quantitative estimate of drug-likeness (QED) is 0.196. The van der Waals surface area contributed by atoms with Gasteiger partial charge in [-0.1, -0.05) is 35.3 Å². The number of anilines is 1. The molecule has 5 nitrogen and oxygen atoms in total. The summed E-state index contributed by atoms with van der Waals surface area (Å²) in [5.41, 5.74) is 2.19. The number of halogens is 3. The van der Waals surface area contributed by atoms with Crippen molar-refractivity contribution in [2.75, 3.05) is 11.5 Å². The molecule has 0 bridgehead atoms. The van der Waals surface area contributed by atoms with Crippen molar-refractivity contribution in [3.05, 3.63) is 97.0 Å². The summed E-state index contributed by atoms with van der Waals surface area (Å²) in [5, 5.41) is 3.89. The molecule has 0 heterocycles. The molecule has 0 atom stereocenters. The van der Waals surface area contributed by atoms with Crippen molar-refractivity contribution in [3.63, 3.8) is 0 Å². The number of hydrogen-bond donors (Lipinski definition) is 1. The summed E-state index contributed by atoms with van der Waals surface area (Å²) in [6.07, 6.45) is 0. The largest absolute Gasteiger partial charge is 0.462 e. The van der Waals surface area contributed by atoms with E-state index < -0.39 is 5.97 Å². The van der Waals surface area contributed by atoms with Gasteiger partial charge in [0.1, 0.15) is 0 Å². The first-order valence-electron chi connectivity index (χ1n) is 9.88. The fourth-order valence-electron chi connectivity index (χ4n) is 2.98. The molecule has 0 unspecified atom stereocenters. The second-order valence-corrected chi connectivity index (χ2v) is 9.27. The topological polar surface area (TPSA) is 58.6 Å². The first-order chi connectivity index (χ1) is 15.8. The van der Waals surface area contributed by atoms with Gasteiger partial charge in [0.25, 0.3) is 5.91 Å². The monoisotopic (exact) mass is 612 g/mol. The van der Waals surface area contributed by atoms with Crippen LogP contribution in [0, 0.1) is 3.57 Å². The fourth-order valence-corrected chi connectivity index (χ4v) is 4.30. The van der Waals surface area contributed by atoms with Gasteiger partial charge in [0.15, 0.2) is 5.11 Å². The van der Waals surface area contributed by atoms with Crippen molar-refractivity contribution in [3.8, 4) is 0 Å². The molecule has 0 spiro atoms. The van der Waals surface area contributed by atoms with E-state index in [4.69, 9.17) is 40.2 Å². The number of amides is 1. The number of rotatable bonds is 6. The summed E-state index contributed by atoms with van der Waals surface area (Å²) in [6.45, 7) is 2.24. The van der Waals surface area contributed by atoms with Crippen LogP contribution >= 0.6 is 58.0 Å². The lowest BCUT2D eigenvalue weighted by atomic mass is 10.1. The number of esters is 1. The summed E-state index contributed by atoms with van der Waals surface area (Å²) in [6, 6.07) is 19.1. The van der Waals surface area contributed by atoms with E-state index in [1.807, 2.05) is 6.07 Å². The zero-order chi connectivity index (χ0) is 24.0. The molecular weight excluding hydrogens is 594 g/mol. The zero-order valence-corrected chi connectivity index (χ0v) is 22.0. The number of nitrogens with zero attached hydrogens (tertiary/aromatic N) is 1. The van der Waals surface area contributed by atoms with Crippen LogP contribution in [0.3, 0.4) is 0 Å². The third-order valence-corrected chi connectivity index (χ3v) is 6.32. The van der Waals surface area contributed by atoms with E-state index in [-0.39, 0.29) is 24.2 Å². The third kappa shape index (κ3) is 6.66. The van der Waals surface area contributed by atoms with Crippen molar-refractivity contribution in [2.45, 2.75) is 13.5 Å². The molecule has 0 fully saturated rings. The average molecular weight is 613 g/mol. The predicted octanol–water partition coefficient (Wildman–Crippen LogP) is 6.50. The lowest BCUT2D eigenvalue weighted by Gasteiger charge is -2.26. The smallest absolute Gasteiger partial charge is 0.338 e. The first kappa shape index (κ1) is 25.4. The van der Waals surface area contributed by atoms with Gasteiger partial charge in [-0.2, -0.15) is 0 Å². The summed E-state index contributed by atoms with van der Waals surface area (Å²) in [7, 11) is 0. The van der Waals surface area contributed by atoms with Gasteiger partial charge in [-0.15, -0.1) is 0 Å². The molecule has 170 valence electrons. The maximum absolute atomic E-state index is 12.8. The molecule has 0 saturated carbocycles. The first-order valence-corrected chi connectivity index (χ1v) is 12.1. The Kier molecular flexibility index (Phi) is 9.08. The van der Waals surface area contributed by atoms with E-state index in [9.17, 15) is 9.59 Å². The van der Waals surface area contributed by atoms with Crippen molar-refractivity contribution in [2.24, 2.45) is 0 Å². The molecule has 0 saturated heterocycles. The molecule has 3 rings (SSSR count). The molecule has 0 aliphatic carbocycles. The van der Waals surface area contributed by atoms with E-state index in [2.05, 4.69) is 27.9 Å². The highest BCUT2D eigenvalue weighted by Gasteiger charge is 2.20. The molecule has 1 N–H and O–H groups in total. The van der Waals surface area contributed by atoms with Crippen LogP contribution < -0.4 is 10.2 Å². The second-order valence-electron chi connectivity index (χ2n) is 6.82. The Morgan fingerprint density at radius 3 is 2.24 bits per heavy atom. The predicted molar refractivity (Wildman–Crippen MR) is 144 cm³/mol. The highest BCUT2D eigenvalue weighted by atomic mass is 127. The Labute approximate surface area is 221 Å². The molecule has 3 aromatic carbocycles. The highest BCUT2D eigenvalue weighted by Crippen LogP contribution is 2.28. The van der Waals surface area contributed by atoms with Crippen molar-refractivity contribution >= 4 is 80.7 Å². The van der Waals surface area contributed by atoms with Crippen LogP contribution in [0.4, 0.5) is 5.69 Å². The van der Waals surface area contributed by atoms with Crippen LogP contribution in [0.2, 0.25) is 10.0 Å². The fraction of sp³-hybridized carbons (Fsp3) is 0.125. The van der Waals surface area contributed by atoms with Gasteiger partial charge in [-0.05, 0) is 96.3 Å². The van der Waals surface area contributed by atoms with Gasteiger partial charge < -0.3 is 9.64 Å². The van der Waals surface area contributed by atoms with Gasteiger partial charge in [0, 0.05) is 30.4 Å². The normalized spacial score (nSPS) is 10.4. The lowest BCUT2D eigenvalue weighted by Crippen LogP contribution is -2.42. The van der Waals surface area contributed by atoms with Crippen LogP contribution in [-0.2, 0) is 11.3 Å². The Bertz CT molecular complexity index is 1170. The van der Waals surface area contributed by atoms with E-state index in [0.29, 0.717) is 32.4 Å². The Hall–Kier alpha value is -2.20. The molecule has 9 heteroatoms. The number of hydrogen-bond acceptors (Lipinski definition) is 4. The van der Waals surface area contributed by atoms with Crippen molar-refractivity contribution in [1.29, 1.82) is 0 Å². The van der Waals surface area contributed by atoms with Crippen LogP contribution in [0.25, 0.3) is 0 Å². The van der Waals surface area contributed by atoms with Crippen LogP contribution in [0.15, 0.2) is 66.7 Å². The number of benzene rings is 3. The zero-order valence-electron chi connectivity index (χ0n) is 17.5. The summed E-state index contributed by atoms with van der Waals surface area (Å²) >= 11 is 20.5. The van der Waals surface area contributed by atoms with Gasteiger partial charge in [0.05, 0.1) is 18.7 Å². The second kappa shape index (κ2) is 11.8. The minimum atomic E-state index is -0.417. The number of ether oxygens (including phenoxy) is 1. The van der Waals surface area contributed by atoms with Gasteiger partial charge in [-0.25, -0.2) is 4.79 Å². The SMILES string of the molecule is CCOC(=O)c1ccc(N(Cc2c(Cl)cccc2Cl)C(=S)NC(=O)c2cccc(I)c2)cc1. The van der Waals surface area contributed by atoms with Crippen LogP contribution in [-0.4, -0.2) is 23.6 Å². The Morgan fingerprint density at radius 1 is 1.00 bits per heavy atom. The molecule has 0 aliphatic heterocycles. The maximum atomic E-state index is 12.8. The van der Waals surface area contributed by atoms with Gasteiger partial charge in [-0.3, -0.25) is 10.1 Å². The summed E-state index contributed by atoms with van der Waals surface area (Å²) < 4.78 is 5.97. The average Bonchev–Trinajstić information content (AvgIpc) is 2.79. The minimum absolute atomic E-state index is 0.165. The Balaban J connectivity index is 1.92. The highest BCUT2D eigenvalue weighted by molar-refractivity contribution is 14.1. The molecular formula is C24H19Cl2IN2O3S. The van der Waals surface area contributed by atoms with Crippen LogP contribution in [0.5, 0.6) is 0 Å². The number of thiocarbonyl (C=S) groups is 1. The number of carbonyl (C=O) groups excluding carboxylic acids is 2. The minimum Gasteiger partial charge on any atom is -0.462 e.